The van der Waals surface area contributed by atoms with Crippen LogP contribution in [0.25, 0.3) is 0 Å². The predicted octanol–water partition coefficient (Wildman–Crippen LogP) is 4.20. The lowest BCUT2D eigenvalue weighted by atomic mass is 10.1. The first kappa shape index (κ1) is 14.6. The van der Waals surface area contributed by atoms with Crippen molar-refractivity contribution >= 4 is 27.7 Å². The third kappa shape index (κ3) is 4.64. The Morgan fingerprint density at radius 3 is 2.68 bits per heavy atom. The number of hydrogen-bond acceptors (Lipinski definition) is 4. The van der Waals surface area contributed by atoms with E-state index in [-0.39, 0.29) is 0 Å². The molecule has 1 aromatic rings. The van der Waals surface area contributed by atoms with Crippen molar-refractivity contribution in [2.45, 2.75) is 57.9 Å². The number of rotatable bonds is 5. The van der Waals surface area contributed by atoms with Crippen LogP contribution in [0.4, 0.5) is 11.8 Å². The van der Waals surface area contributed by atoms with E-state index < -0.39 is 0 Å². The summed E-state index contributed by atoms with van der Waals surface area (Å²) in [5.41, 5.74) is 0. The fourth-order valence-electron chi connectivity index (χ4n) is 2.41. The van der Waals surface area contributed by atoms with Gasteiger partial charge in [-0.25, -0.2) is 4.98 Å². The minimum atomic E-state index is 0.549. The summed E-state index contributed by atoms with van der Waals surface area (Å²) in [5, 5.41) is 6.80. The lowest BCUT2D eigenvalue weighted by molar-refractivity contribution is 0.617. The van der Waals surface area contributed by atoms with Gasteiger partial charge in [0.15, 0.2) is 0 Å². The van der Waals surface area contributed by atoms with Gasteiger partial charge in [0.1, 0.15) is 5.82 Å². The number of hydrogen-bond donors (Lipinski definition) is 2. The highest BCUT2D eigenvalue weighted by Gasteiger charge is 2.14. The van der Waals surface area contributed by atoms with Crippen molar-refractivity contribution < 1.29 is 0 Å². The summed E-state index contributed by atoms with van der Waals surface area (Å²) in [4.78, 5) is 8.83. The Morgan fingerprint density at radius 1 is 1.26 bits per heavy atom. The highest BCUT2D eigenvalue weighted by atomic mass is 79.9. The maximum atomic E-state index is 4.55. The highest BCUT2D eigenvalue weighted by Crippen LogP contribution is 2.25. The molecule has 0 radical (unpaired) electrons. The topological polar surface area (TPSA) is 49.8 Å². The molecule has 0 unspecified atom stereocenters. The second-order valence-electron chi connectivity index (χ2n) is 5.15. The van der Waals surface area contributed by atoms with E-state index in [9.17, 15) is 0 Å². The first-order valence-electron chi connectivity index (χ1n) is 7.32. The van der Waals surface area contributed by atoms with E-state index in [1.54, 1.807) is 0 Å². The molecule has 1 saturated carbocycles. The summed E-state index contributed by atoms with van der Waals surface area (Å²) in [7, 11) is 0. The second-order valence-corrected chi connectivity index (χ2v) is 6.00. The Hall–Kier alpha value is -0.840. The van der Waals surface area contributed by atoms with Crippen LogP contribution in [0, 0.1) is 0 Å². The molecule has 4 nitrogen and oxygen atoms in total. The van der Waals surface area contributed by atoms with Gasteiger partial charge >= 0.3 is 0 Å². The summed E-state index contributed by atoms with van der Waals surface area (Å²) >= 11 is 3.53. The van der Waals surface area contributed by atoms with Gasteiger partial charge in [0, 0.05) is 18.8 Å². The molecule has 0 aliphatic heterocycles. The molecule has 1 heterocycles. The van der Waals surface area contributed by atoms with Crippen LogP contribution in [0.15, 0.2) is 10.7 Å². The van der Waals surface area contributed by atoms with E-state index in [1.807, 2.05) is 6.20 Å². The van der Waals surface area contributed by atoms with Gasteiger partial charge < -0.3 is 10.6 Å². The minimum Gasteiger partial charge on any atom is -0.366 e. The fourth-order valence-corrected chi connectivity index (χ4v) is 2.71. The largest absolute Gasteiger partial charge is 0.366 e. The monoisotopic (exact) mass is 326 g/mol. The maximum absolute atomic E-state index is 4.55. The van der Waals surface area contributed by atoms with Gasteiger partial charge in [0.25, 0.3) is 0 Å². The average Bonchev–Trinajstić information content (AvgIpc) is 2.68. The summed E-state index contributed by atoms with van der Waals surface area (Å²) in [5.74, 6) is 1.63. The van der Waals surface area contributed by atoms with Crippen LogP contribution < -0.4 is 10.6 Å². The van der Waals surface area contributed by atoms with Crippen molar-refractivity contribution in [2.24, 2.45) is 0 Å². The predicted molar refractivity (Wildman–Crippen MR) is 83.6 cm³/mol. The quantitative estimate of drug-likeness (QED) is 0.796. The molecule has 5 heteroatoms. The molecule has 1 aliphatic rings. The normalized spacial score (nSPS) is 16.9. The van der Waals surface area contributed by atoms with Crippen LogP contribution in [0.2, 0.25) is 0 Å². The lowest BCUT2D eigenvalue weighted by Crippen LogP contribution is -2.20. The van der Waals surface area contributed by atoms with Gasteiger partial charge in [-0.05, 0) is 35.2 Å². The van der Waals surface area contributed by atoms with Gasteiger partial charge in [0.2, 0.25) is 5.95 Å². The summed E-state index contributed by atoms with van der Waals surface area (Å²) in [6.07, 6.45) is 10.8. The molecular formula is C14H23BrN4. The maximum Gasteiger partial charge on any atom is 0.224 e. The van der Waals surface area contributed by atoms with Crippen molar-refractivity contribution in [3.05, 3.63) is 10.7 Å². The average molecular weight is 327 g/mol. The van der Waals surface area contributed by atoms with E-state index in [1.165, 1.54) is 38.5 Å². The molecule has 2 rings (SSSR count). The van der Waals surface area contributed by atoms with E-state index in [2.05, 4.69) is 43.5 Å². The van der Waals surface area contributed by atoms with Gasteiger partial charge in [0.05, 0.1) is 4.47 Å². The smallest absolute Gasteiger partial charge is 0.224 e. The second kappa shape index (κ2) is 7.68. The molecule has 1 aromatic heterocycles. The Labute approximate surface area is 123 Å². The summed E-state index contributed by atoms with van der Waals surface area (Å²) < 4.78 is 0.943. The Morgan fingerprint density at radius 2 is 2.00 bits per heavy atom. The lowest BCUT2D eigenvalue weighted by Gasteiger charge is -2.18. The number of nitrogens with one attached hydrogen (secondary N) is 2. The van der Waals surface area contributed by atoms with Crippen LogP contribution in [0.3, 0.4) is 0 Å². The van der Waals surface area contributed by atoms with Crippen molar-refractivity contribution in [3.8, 4) is 0 Å². The molecule has 0 bridgehead atoms. The molecule has 0 aromatic carbocycles. The van der Waals surface area contributed by atoms with Gasteiger partial charge in [-0.1, -0.05) is 32.6 Å². The number of halogens is 1. The molecule has 0 spiro atoms. The highest BCUT2D eigenvalue weighted by molar-refractivity contribution is 9.10. The first-order valence-corrected chi connectivity index (χ1v) is 8.12. The molecule has 2 N–H and O–H groups in total. The number of nitrogens with zero attached hydrogens (tertiary/aromatic N) is 2. The van der Waals surface area contributed by atoms with Gasteiger partial charge in [-0.3, -0.25) is 0 Å². The molecule has 19 heavy (non-hydrogen) atoms. The molecule has 0 saturated heterocycles. The fraction of sp³-hybridized carbons (Fsp3) is 0.714. The van der Waals surface area contributed by atoms with E-state index in [0.717, 1.165) is 23.3 Å². The Kier molecular flexibility index (Phi) is 5.89. The molecule has 1 fully saturated rings. The minimum absolute atomic E-state index is 0.549. The SMILES string of the molecule is CCCNc1ncc(Br)c(NC2CCCCCC2)n1. The van der Waals surface area contributed by atoms with Gasteiger partial charge in [-0.15, -0.1) is 0 Å². The van der Waals surface area contributed by atoms with Crippen LogP contribution in [0.1, 0.15) is 51.9 Å². The standard InChI is InChI=1S/C14H23BrN4/c1-2-9-16-14-17-10-12(15)13(19-14)18-11-7-5-3-4-6-8-11/h10-11H,2-9H2,1H3,(H2,16,17,18,19). The zero-order chi connectivity index (χ0) is 13.5. The first-order chi connectivity index (χ1) is 9.29. The van der Waals surface area contributed by atoms with E-state index in [0.29, 0.717) is 12.0 Å². The zero-order valence-corrected chi connectivity index (χ0v) is 13.2. The molecule has 0 amide bonds. The third-order valence-corrected chi connectivity index (χ3v) is 4.05. The van der Waals surface area contributed by atoms with E-state index >= 15 is 0 Å². The number of aromatic nitrogens is 2. The molecule has 106 valence electrons. The molecule has 1 aliphatic carbocycles. The van der Waals surface area contributed by atoms with Crippen molar-refractivity contribution in [1.82, 2.24) is 9.97 Å². The van der Waals surface area contributed by atoms with Crippen LogP contribution >= 0.6 is 15.9 Å². The zero-order valence-electron chi connectivity index (χ0n) is 11.6. The summed E-state index contributed by atoms with van der Waals surface area (Å²) in [6.45, 7) is 3.04. The number of anilines is 2. The van der Waals surface area contributed by atoms with E-state index in [4.69, 9.17) is 0 Å². The molecular weight excluding hydrogens is 304 g/mol. The summed E-state index contributed by atoms with van der Waals surface area (Å²) in [6, 6.07) is 0.549. The van der Waals surface area contributed by atoms with Crippen LogP contribution in [-0.2, 0) is 0 Å². The molecule has 0 atom stereocenters. The van der Waals surface area contributed by atoms with Crippen molar-refractivity contribution in [1.29, 1.82) is 0 Å². The Balaban J connectivity index is 2.00. The van der Waals surface area contributed by atoms with Crippen LogP contribution in [0.5, 0.6) is 0 Å². The van der Waals surface area contributed by atoms with Gasteiger partial charge in [-0.2, -0.15) is 4.98 Å². The van der Waals surface area contributed by atoms with Crippen molar-refractivity contribution in [3.63, 3.8) is 0 Å². The third-order valence-electron chi connectivity index (χ3n) is 3.47. The van der Waals surface area contributed by atoms with Crippen molar-refractivity contribution in [2.75, 3.05) is 17.2 Å². The van der Waals surface area contributed by atoms with Crippen LogP contribution in [-0.4, -0.2) is 22.6 Å². The Bertz CT molecular complexity index is 389.